The average molecular weight is 260 g/mol. The van der Waals surface area contributed by atoms with Crippen LogP contribution < -0.4 is 5.32 Å². The number of carbonyl (C=O) groups is 1. The highest BCUT2D eigenvalue weighted by Crippen LogP contribution is 2.17. The number of nitrogens with one attached hydrogen (secondary N) is 1. The normalized spacial score (nSPS) is 20.8. The molecule has 1 aliphatic rings. The first-order chi connectivity index (χ1) is 9.22. The Hall–Kier alpha value is -1.35. The van der Waals surface area contributed by atoms with E-state index in [1.165, 1.54) is 5.56 Å². The summed E-state index contributed by atoms with van der Waals surface area (Å²) in [4.78, 5) is 14.3. The lowest BCUT2D eigenvalue weighted by Gasteiger charge is -2.25. The molecule has 1 heterocycles. The van der Waals surface area contributed by atoms with Crippen molar-refractivity contribution in [2.75, 3.05) is 13.1 Å². The van der Waals surface area contributed by atoms with Gasteiger partial charge in [-0.15, -0.1) is 0 Å². The van der Waals surface area contributed by atoms with Crippen LogP contribution in [0.25, 0.3) is 0 Å². The van der Waals surface area contributed by atoms with Crippen LogP contribution in [0.15, 0.2) is 30.3 Å². The molecule has 2 unspecified atom stereocenters. The number of likely N-dealkylation sites (tertiary alicyclic amines) is 1. The van der Waals surface area contributed by atoms with Gasteiger partial charge in [0.15, 0.2) is 0 Å². The minimum atomic E-state index is 0.0400. The second-order valence-corrected chi connectivity index (χ2v) is 5.37. The minimum Gasteiger partial charge on any atom is -0.338 e. The van der Waals surface area contributed by atoms with Gasteiger partial charge in [0.2, 0.25) is 5.91 Å². The molecule has 0 spiro atoms. The molecule has 1 amide bonds. The van der Waals surface area contributed by atoms with E-state index in [4.69, 9.17) is 0 Å². The fraction of sp³-hybridized carbons (Fsp3) is 0.562. The van der Waals surface area contributed by atoms with Crippen LogP contribution in [0, 0.1) is 0 Å². The molecule has 0 bridgehead atoms. The number of rotatable bonds is 6. The standard InChI is InChI=1S/C16H24N2O/c1-3-10-17-15-9-11-18(16(15)19)13(2)12-14-7-5-4-6-8-14/h4-8,13,15,17H,3,9-12H2,1-2H3. The molecule has 1 fully saturated rings. The van der Waals surface area contributed by atoms with Gasteiger partial charge < -0.3 is 10.2 Å². The summed E-state index contributed by atoms with van der Waals surface area (Å²) in [5.41, 5.74) is 1.30. The Morgan fingerprint density at radius 3 is 2.79 bits per heavy atom. The van der Waals surface area contributed by atoms with Gasteiger partial charge in [-0.1, -0.05) is 37.3 Å². The van der Waals surface area contributed by atoms with E-state index in [2.05, 4.69) is 43.4 Å². The van der Waals surface area contributed by atoms with E-state index in [0.29, 0.717) is 0 Å². The smallest absolute Gasteiger partial charge is 0.240 e. The lowest BCUT2D eigenvalue weighted by molar-refractivity contribution is -0.131. The molecule has 1 saturated heterocycles. The van der Waals surface area contributed by atoms with Gasteiger partial charge >= 0.3 is 0 Å². The van der Waals surface area contributed by atoms with Crippen molar-refractivity contribution in [3.8, 4) is 0 Å². The van der Waals surface area contributed by atoms with Crippen molar-refractivity contribution in [2.45, 2.75) is 45.2 Å². The van der Waals surface area contributed by atoms with Crippen molar-refractivity contribution in [3.63, 3.8) is 0 Å². The van der Waals surface area contributed by atoms with Crippen LogP contribution in [0.1, 0.15) is 32.3 Å². The Bertz CT molecular complexity index is 404. The first-order valence-corrected chi connectivity index (χ1v) is 7.30. The van der Waals surface area contributed by atoms with Gasteiger partial charge in [0, 0.05) is 12.6 Å². The summed E-state index contributed by atoms with van der Waals surface area (Å²) in [6, 6.07) is 10.7. The highest BCUT2D eigenvalue weighted by molar-refractivity contribution is 5.84. The molecular weight excluding hydrogens is 236 g/mol. The van der Waals surface area contributed by atoms with Gasteiger partial charge in [-0.3, -0.25) is 4.79 Å². The van der Waals surface area contributed by atoms with E-state index < -0.39 is 0 Å². The largest absolute Gasteiger partial charge is 0.338 e. The quantitative estimate of drug-likeness (QED) is 0.850. The summed E-state index contributed by atoms with van der Waals surface area (Å²) in [5, 5.41) is 3.34. The Balaban J connectivity index is 1.90. The topological polar surface area (TPSA) is 32.3 Å². The lowest BCUT2D eigenvalue weighted by atomic mass is 10.1. The molecule has 3 nitrogen and oxygen atoms in total. The maximum Gasteiger partial charge on any atom is 0.240 e. The van der Waals surface area contributed by atoms with Gasteiger partial charge in [0.1, 0.15) is 0 Å². The number of amides is 1. The molecule has 0 aromatic heterocycles. The molecule has 1 aromatic rings. The van der Waals surface area contributed by atoms with Crippen molar-refractivity contribution in [2.24, 2.45) is 0 Å². The predicted molar refractivity (Wildman–Crippen MR) is 78.0 cm³/mol. The number of benzene rings is 1. The first kappa shape index (κ1) is 14.1. The van der Waals surface area contributed by atoms with Gasteiger partial charge in [0.25, 0.3) is 0 Å². The fourth-order valence-electron chi connectivity index (χ4n) is 2.71. The molecule has 1 aliphatic heterocycles. The number of hydrogen-bond acceptors (Lipinski definition) is 2. The maximum absolute atomic E-state index is 12.3. The molecule has 104 valence electrons. The van der Waals surface area contributed by atoms with Crippen molar-refractivity contribution < 1.29 is 4.79 Å². The third-order valence-corrected chi connectivity index (χ3v) is 3.79. The SMILES string of the molecule is CCCNC1CCN(C(C)Cc2ccccc2)C1=O. The van der Waals surface area contributed by atoms with Crippen molar-refractivity contribution in [3.05, 3.63) is 35.9 Å². The zero-order valence-electron chi connectivity index (χ0n) is 11.9. The van der Waals surface area contributed by atoms with Gasteiger partial charge in [-0.2, -0.15) is 0 Å². The second kappa shape index (κ2) is 6.71. The monoisotopic (exact) mass is 260 g/mol. The molecule has 1 aromatic carbocycles. The van der Waals surface area contributed by atoms with Crippen LogP contribution in [-0.2, 0) is 11.2 Å². The summed E-state index contributed by atoms with van der Waals surface area (Å²) < 4.78 is 0. The molecular formula is C16H24N2O. The van der Waals surface area contributed by atoms with Gasteiger partial charge in [0.05, 0.1) is 6.04 Å². The lowest BCUT2D eigenvalue weighted by Crippen LogP contribution is -2.42. The molecule has 0 saturated carbocycles. The van der Waals surface area contributed by atoms with Crippen molar-refractivity contribution in [1.29, 1.82) is 0 Å². The molecule has 0 aliphatic carbocycles. The van der Waals surface area contributed by atoms with Crippen LogP contribution >= 0.6 is 0 Å². The average Bonchev–Trinajstić information content (AvgIpc) is 2.79. The Morgan fingerprint density at radius 2 is 2.11 bits per heavy atom. The minimum absolute atomic E-state index is 0.0400. The molecule has 2 rings (SSSR count). The van der Waals surface area contributed by atoms with Crippen LogP contribution in [0.3, 0.4) is 0 Å². The maximum atomic E-state index is 12.3. The second-order valence-electron chi connectivity index (χ2n) is 5.37. The van der Waals surface area contributed by atoms with E-state index in [1.54, 1.807) is 0 Å². The van der Waals surface area contributed by atoms with Crippen LogP contribution in [0.4, 0.5) is 0 Å². The van der Waals surface area contributed by atoms with Crippen LogP contribution in [0.5, 0.6) is 0 Å². The van der Waals surface area contributed by atoms with E-state index in [0.717, 1.165) is 32.4 Å². The predicted octanol–water partition coefficient (Wildman–Crippen LogP) is 2.22. The highest BCUT2D eigenvalue weighted by Gasteiger charge is 2.33. The third kappa shape index (κ3) is 3.57. The summed E-state index contributed by atoms with van der Waals surface area (Å²) in [6.07, 6.45) is 2.95. The van der Waals surface area contributed by atoms with Crippen LogP contribution in [-0.4, -0.2) is 36.0 Å². The summed E-state index contributed by atoms with van der Waals surface area (Å²) in [6.45, 7) is 6.08. The molecule has 1 N–H and O–H groups in total. The first-order valence-electron chi connectivity index (χ1n) is 7.30. The van der Waals surface area contributed by atoms with E-state index in [9.17, 15) is 4.79 Å². The molecule has 19 heavy (non-hydrogen) atoms. The third-order valence-electron chi connectivity index (χ3n) is 3.79. The molecule has 0 radical (unpaired) electrons. The number of hydrogen-bond donors (Lipinski definition) is 1. The molecule has 3 heteroatoms. The van der Waals surface area contributed by atoms with E-state index in [-0.39, 0.29) is 18.0 Å². The van der Waals surface area contributed by atoms with Gasteiger partial charge in [-0.05, 0) is 38.3 Å². The summed E-state index contributed by atoms with van der Waals surface area (Å²) in [7, 11) is 0. The van der Waals surface area contributed by atoms with Crippen molar-refractivity contribution in [1.82, 2.24) is 10.2 Å². The van der Waals surface area contributed by atoms with Gasteiger partial charge in [-0.25, -0.2) is 0 Å². The Morgan fingerprint density at radius 1 is 1.37 bits per heavy atom. The zero-order chi connectivity index (χ0) is 13.7. The fourth-order valence-corrected chi connectivity index (χ4v) is 2.71. The van der Waals surface area contributed by atoms with Crippen LogP contribution in [0.2, 0.25) is 0 Å². The Labute approximate surface area is 116 Å². The number of nitrogens with zero attached hydrogens (tertiary/aromatic N) is 1. The molecule has 2 atom stereocenters. The van der Waals surface area contributed by atoms with E-state index in [1.807, 2.05) is 11.0 Å². The van der Waals surface area contributed by atoms with E-state index >= 15 is 0 Å². The van der Waals surface area contributed by atoms with Crippen molar-refractivity contribution >= 4 is 5.91 Å². The zero-order valence-corrected chi connectivity index (χ0v) is 11.9. The summed E-state index contributed by atoms with van der Waals surface area (Å²) >= 11 is 0. The number of carbonyl (C=O) groups excluding carboxylic acids is 1. The Kier molecular flexibility index (Phi) is 4.97. The summed E-state index contributed by atoms with van der Waals surface area (Å²) in [5.74, 6) is 0.275. The highest BCUT2D eigenvalue weighted by atomic mass is 16.2.